The number of esters is 1. The zero-order chi connectivity index (χ0) is 21.1. The summed E-state index contributed by atoms with van der Waals surface area (Å²) in [4.78, 5) is 31.2. The van der Waals surface area contributed by atoms with Gasteiger partial charge in [-0.3, -0.25) is 9.69 Å². The number of amides is 1. The first kappa shape index (κ1) is 21.4. The Morgan fingerprint density at radius 2 is 1.69 bits per heavy atom. The highest BCUT2D eigenvalue weighted by Crippen LogP contribution is 2.42. The molecule has 0 aliphatic carbocycles. The predicted molar refractivity (Wildman–Crippen MR) is 122 cm³/mol. The van der Waals surface area contributed by atoms with Crippen molar-refractivity contribution in [1.82, 2.24) is 4.90 Å². The van der Waals surface area contributed by atoms with Gasteiger partial charge in [0.15, 0.2) is 0 Å². The number of benzene rings is 1. The van der Waals surface area contributed by atoms with Crippen molar-refractivity contribution in [2.24, 2.45) is 0 Å². The van der Waals surface area contributed by atoms with E-state index >= 15 is 0 Å². The molecule has 2 aliphatic heterocycles. The molecular formula is C21H25N3O3S2. The van der Waals surface area contributed by atoms with Crippen molar-refractivity contribution >= 4 is 51.6 Å². The molecule has 1 saturated heterocycles. The lowest BCUT2D eigenvalue weighted by Crippen LogP contribution is -2.28. The molecular weight excluding hydrogens is 406 g/mol. The van der Waals surface area contributed by atoms with Crippen molar-refractivity contribution in [2.75, 3.05) is 36.0 Å². The van der Waals surface area contributed by atoms with Gasteiger partial charge in [-0.15, -0.1) is 0 Å². The average molecular weight is 432 g/mol. The third-order valence-corrected chi connectivity index (χ3v) is 6.22. The maximum atomic E-state index is 12.5. The van der Waals surface area contributed by atoms with Crippen LogP contribution in [0.2, 0.25) is 0 Å². The fraction of sp³-hybridized carbons (Fsp3) is 0.381. The van der Waals surface area contributed by atoms with E-state index in [-0.39, 0.29) is 11.9 Å². The number of hydrogen-bond acceptors (Lipinski definition) is 7. The molecule has 2 aliphatic rings. The number of carbonyl (C=O) groups is 2. The Hall–Kier alpha value is -2.32. The SMILES string of the molecule is CCOC(=O)c1ccc2c(c1)N(CC)/C(=C/C=C1\SC(=S)N(CC)C1=O)N2CC. The molecule has 0 unspecified atom stereocenters. The summed E-state index contributed by atoms with van der Waals surface area (Å²) < 4.78 is 5.74. The smallest absolute Gasteiger partial charge is 0.338 e. The number of allylic oxidation sites excluding steroid dienone is 2. The van der Waals surface area contributed by atoms with Gasteiger partial charge in [0.2, 0.25) is 0 Å². The molecule has 0 N–H and O–H groups in total. The number of anilines is 2. The Morgan fingerprint density at radius 1 is 1.03 bits per heavy atom. The standard InChI is InChI=1S/C21H25N3O3S2/c1-5-22-15-10-9-14(20(26)27-8-4)13-16(15)23(6-2)18(22)12-11-17-19(25)24(7-3)21(28)29-17/h9-13H,5-8H2,1-4H3/b17-11-,18-12+. The third kappa shape index (κ3) is 3.91. The van der Waals surface area contributed by atoms with Crippen LogP contribution < -0.4 is 9.80 Å². The first-order valence-corrected chi connectivity index (χ1v) is 11.0. The zero-order valence-electron chi connectivity index (χ0n) is 17.1. The average Bonchev–Trinajstić information content (AvgIpc) is 3.17. The van der Waals surface area contributed by atoms with Gasteiger partial charge in [-0.25, -0.2) is 4.79 Å². The number of nitrogens with zero attached hydrogens (tertiary/aromatic N) is 3. The molecule has 0 bridgehead atoms. The van der Waals surface area contributed by atoms with Crippen molar-refractivity contribution in [3.8, 4) is 0 Å². The van der Waals surface area contributed by atoms with Crippen molar-refractivity contribution in [2.45, 2.75) is 27.7 Å². The summed E-state index contributed by atoms with van der Waals surface area (Å²) in [6.45, 7) is 10.3. The van der Waals surface area contributed by atoms with E-state index in [0.717, 1.165) is 30.3 Å². The molecule has 0 atom stereocenters. The van der Waals surface area contributed by atoms with E-state index in [0.29, 0.717) is 27.9 Å². The minimum absolute atomic E-state index is 0.0504. The second-order valence-corrected chi connectivity index (χ2v) is 8.06. The molecule has 2 heterocycles. The highest BCUT2D eigenvalue weighted by molar-refractivity contribution is 8.26. The normalized spacial score (nSPS) is 19.0. The molecule has 154 valence electrons. The lowest BCUT2D eigenvalue weighted by atomic mass is 10.1. The van der Waals surface area contributed by atoms with E-state index in [1.165, 1.54) is 11.8 Å². The van der Waals surface area contributed by atoms with E-state index in [1.54, 1.807) is 17.9 Å². The number of carbonyl (C=O) groups excluding carboxylic acids is 2. The Bertz CT molecular complexity index is 910. The summed E-state index contributed by atoms with van der Waals surface area (Å²) in [6, 6.07) is 5.62. The Labute approximate surface area is 181 Å². The topological polar surface area (TPSA) is 53.1 Å². The second-order valence-electron chi connectivity index (χ2n) is 6.39. The van der Waals surface area contributed by atoms with Crippen LogP contribution >= 0.6 is 24.0 Å². The van der Waals surface area contributed by atoms with Crippen LogP contribution in [0.3, 0.4) is 0 Å². The van der Waals surface area contributed by atoms with Crippen LogP contribution in [0.5, 0.6) is 0 Å². The van der Waals surface area contributed by atoms with Gasteiger partial charge in [-0.2, -0.15) is 0 Å². The summed E-state index contributed by atoms with van der Waals surface area (Å²) in [7, 11) is 0. The molecule has 0 radical (unpaired) electrons. The number of rotatable bonds is 6. The third-order valence-electron chi connectivity index (χ3n) is 4.83. The molecule has 1 aromatic carbocycles. The van der Waals surface area contributed by atoms with E-state index in [2.05, 4.69) is 23.6 Å². The second kappa shape index (κ2) is 9.00. The molecule has 1 fully saturated rings. The van der Waals surface area contributed by atoms with Crippen LogP contribution in [0.15, 0.2) is 41.1 Å². The van der Waals surface area contributed by atoms with E-state index < -0.39 is 0 Å². The van der Waals surface area contributed by atoms with Gasteiger partial charge in [0, 0.05) is 19.6 Å². The van der Waals surface area contributed by atoms with Crippen LogP contribution in [0.4, 0.5) is 11.4 Å². The van der Waals surface area contributed by atoms with Crippen LogP contribution in [0.25, 0.3) is 0 Å². The largest absolute Gasteiger partial charge is 0.462 e. The van der Waals surface area contributed by atoms with Gasteiger partial charge in [-0.05, 0) is 58.0 Å². The van der Waals surface area contributed by atoms with Gasteiger partial charge >= 0.3 is 5.97 Å². The number of fused-ring (bicyclic) bond motifs is 1. The highest BCUT2D eigenvalue weighted by atomic mass is 32.2. The van der Waals surface area contributed by atoms with E-state index in [4.69, 9.17) is 17.0 Å². The molecule has 8 heteroatoms. The number of thiocarbonyl (C=S) groups is 1. The minimum atomic E-state index is -0.324. The minimum Gasteiger partial charge on any atom is -0.462 e. The van der Waals surface area contributed by atoms with Gasteiger partial charge in [0.05, 0.1) is 28.5 Å². The van der Waals surface area contributed by atoms with Gasteiger partial charge in [0.25, 0.3) is 5.91 Å². The molecule has 3 rings (SSSR count). The Kier molecular flexibility index (Phi) is 6.64. The maximum absolute atomic E-state index is 12.5. The molecule has 6 nitrogen and oxygen atoms in total. The number of likely N-dealkylation sites (N-methyl/N-ethyl adjacent to an activating group) is 1. The number of hydrogen-bond donors (Lipinski definition) is 0. The summed E-state index contributed by atoms with van der Waals surface area (Å²) in [6.07, 6.45) is 3.80. The van der Waals surface area contributed by atoms with Crippen LogP contribution in [-0.4, -0.2) is 47.3 Å². The molecule has 1 aromatic rings. The summed E-state index contributed by atoms with van der Waals surface area (Å²) in [5.74, 6) is 0.591. The van der Waals surface area contributed by atoms with Crippen LogP contribution in [0.1, 0.15) is 38.1 Å². The van der Waals surface area contributed by atoms with Gasteiger partial charge < -0.3 is 14.5 Å². The number of ether oxygens (including phenoxy) is 1. The zero-order valence-corrected chi connectivity index (χ0v) is 18.7. The molecule has 0 spiro atoms. The predicted octanol–water partition coefficient (Wildman–Crippen LogP) is 4.14. The quantitative estimate of drug-likeness (QED) is 0.381. The fourth-order valence-electron chi connectivity index (χ4n) is 3.48. The van der Waals surface area contributed by atoms with E-state index in [9.17, 15) is 9.59 Å². The van der Waals surface area contributed by atoms with Gasteiger partial charge in [0.1, 0.15) is 10.1 Å². The maximum Gasteiger partial charge on any atom is 0.338 e. The summed E-state index contributed by atoms with van der Waals surface area (Å²) >= 11 is 6.62. The molecule has 0 saturated carbocycles. The highest BCUT2D eigenvalue weighted by Gasteiger charge is 2.32. The van der Waals surface area contributed by atoms with Gasteiger partial charge in [-0.1, -0.05) is 24.0 Å². The molecule has 1 amide bonds. The molecule has 29 heavy (non-hydrogen) atoms. The van der Waals surface area contributed by atoms with Crippen molar-refractivity contribution < 1.29 is 14.3 Å². The first-order chi connectivity index (χ1) is 14.0. The lowest BCUT2D eigenvalue weighted by molar-refractivity contribution is -0.122. The first-order valence-electron chi connectivity index (χ1n) is 9.78. The monoisotopic (exact) mass is 431 g/mol. The van der Waals surface area contributed by atoms with Crippen molar-refractivity contribution in [1.29, 1.82) is 0 Å². The summed E-state index contributed by atoms with van der Waals surface area (Å²) in [5.41, 5.74) is 2.52. The Morgan fingerprint density at radius 3 is 2.28 bits per heavy atom. The van der Waals surface area contributed by atoms with Crippen molar-refractivity contribution in [3.63, 3.8) is 0 Å². The van der Waals surface area contributed by atoms with Crippen molar-refractivity contribution in [3.05, 3.63) is 46.6 Å². The summed E-state index contributed by atoms with van der Waals surface area (Å²) in [5, 5.41) is 0. The van der Waals surface area contributed by atoms with E-state index in [1.807, 2.05) is 31.2 Å². The fourth-order valence-corrected chi connectivity index (χ4v) is 4.81. The lowest BCUT2D eigenvalue weighted by Gasteiger charge is -2.23. The number of thioether (sulfide) groups is 1. The van der Waals surface area contributed by atoms with Crippen LogP contribution in [0, 0.1) is 0 Å². The Balaban J connectivity index is 1.98. The van der Waals surface area contributed by atoms with Crippen LogP contribution in [-0.2, 0) is 9.53 Å². The molecule has 0 aromatic heterocycles.